The van der Waals surface area contributed by atoms with Gasteiger partial charge in [0, 0.05) is 12.6 Å². The average molecular weight is 273 g/mol. The summed E-state index contributed by atoms with van der Waals surface area (Å²) < 4.78 is 1.32. The number of fused-ring (bicyclic) bond motifs is 1. The van der Waals surface area contributed by atoms with Gasteiger partial charge in [-0.25, -0.2) is 4.79 Å². The number of hydrogen-bond donors (Lipinski definition) is 2. The van der Waals surface area contributed by atoms with E-state index >= 15 is 0 Å². The third-order valence-corrected chi connectivity index (χ3v) is 4.04. The fourth-order valence-electron chi connectivity index (χ4n) is 2.89. The Bertz CT molecular complexity index is 739. The summed E-state index contributed by atoms with van der Waals surface area (Å²) in [5.74, 6) is 0. The number of aromatic amines is 1. The molecule has 5 nitrogen and oxygen atoms in total. The molecule has 2 aromatic rings. The van der Waals surface area contributed by atoms with E-state index in [0.717, 1.165) is 24.9 Å². The van der Waals surface area contributed by atoms with E-state index in [1.54, 1.807) is 6.07 Å². The molecule has 20 heavy (non-hydrogen) atoms. The number of H-pyrrole nitrogens is 1. The summed E-state index contributed by atoms with van der Waals surface area (Å²) in [6.07, 6.45) is 3.33. The number of nitrogens with one attached hydrogen (secondary N) is 2. The van der Waals surface area contributed by atoms with E-state index in [1.807, 2.05) is 19.1 Å². The van der Waals surface area contributed by atoms with Gasteiger partial charge in [0.05, 0.1) is 10.9 Å². The summed E-state index contributed by atoms with van der Waals surface area (Å²) in [5, 5.41) is 3.95. The standard InChI is InChI=1S/C15H19N3O2/c1-10-5-4-7-12-13(10)17-15(20)18(14(12)19)9-11-6-2-3-8-16-11/h4-5,7,11,16H,2-3,6,8-9H2,1H3,(H,17,20). The number of aromatic nitrogens is 2. The minimum Gasteiger partial charge on any atom is -0.312 e. The van der Waals surface area contributed by atoms with E-state index in [1.165, 1.54) is 11.0 Å². The molecule has 1 atom stereocenters. The van der Waals surface area contributed by atoms with Crippen LogP contribution in [0.4, 0.5) is 0 Å². The minimum atomic E-state index is -0.316. The van der Waals surface area contributed by atoms with Gasteiger partial charge >= 0.3 is 5.69 Å². The summed E-state index contributed by atoms with van der Waals surface area (Å²) in [5.41, 5.74) is 1.05. The van der Waals surface area contributed by atoms with Gasteiger partial charge in [-0.05, 0) is 37.9 Å². The Morgan fingerprint density at radius 1 is 1.30 bits per heavy atom. The molecule has 5 heteroatoms. The van der Waals surface area contributed by atoms with Crippen molar-refractivity contribution in [2.45, 2.75) is 38.8 Å². The first-order valence-electron chi connectivity index (χ1n) is 7.12. The summed E-state index contributed by atoms with van der Waals surface area (Å²) in [7, 11) is 0. The van der Waals surface area contributed by atoms with Crippen LogP contribution in [0.25, 0.3) is 10.9 Å². The van der Waals surface area contributed by atoms with Crippen molar-refractivity contribution in [1.29, 1.82) is 0 Å². The maximum Gasteiger partial charge on any atom is 0.328 e. The van der Waals surface area contributed by atoms with Gasteiger partial charge in [0.15, 0.2) is 0 Å². The van der Waals surface area contributed by atoms with Crippen molar-refractivity contribution in [2.75, 3.05) is 6.54 Å². The van der Waals surface area contributed by atoms with Crippen LogP contribution in [0.15, 0.2) is 27.8 Å². The van der Waals surface area contributed by atoms with Crippen LogP contribution in [0.1, 0.15) is 24.8 Å². The van der Waals surface area contributed by atoms with Crippen LogP contribution < -0.4 is 16.6 Å². The Morgan fingerprint density at radius 3 is 2.90 bits per heavy atom. The van der Waals surface area contributed by atoms with Gasteiger partial charge in [-0.15, -0.1) is 0 Å². The first kappa shape index (κ1) is 13.1. The molecular weight excluding hydrogens is 254 g/mol. The second-order valence-corrected chi connectivity index (χ2v) is 5.49. The molecule has 0 bridgehead atoms. The lowest BCUT2D eigenvalue weighted by molar-refractivity contribution is 0.355. The van der Waals surface area contributed by atoms with Crippen molar-refractivity contribution in [1.82, 2.24) is 14.9 Å². The molecule has 0 saturated carbocycles. The Kier molecular flexibility index (Phi) is 3.44. The zero-order valence-corrected chi connectivity index (χ0v) is 11.6. The largest absolute Gasteiger partial charge is 0.328 e. The molecule has 1 aliphatic rings. The molecule has 106 valence electrons. The van der Waals surface area contributed by atoms with Crippen molar-refractivity contribution >= 4 is 10.9 Å². The number of piperidine rings is 1. The van der Waals surface area contributed by atoms with E-state index in [9.17, 15) is 9.59 Å². The van der Waals surface area contributed by atoms with Gasteiger partial charge in [0.1, 0.15) is 0 Å². The molecule has 1 fully saturated rings. The van der Waals surface area contributed by atoms with Crippen LogP contribution >= 0.6 is 0 Å². The molecular formula is C15H19N3O2. The summed E-state index contributed by atoms with van der Waals surface area (Å²) in [6, 6.07) is 5.72. The molecule has 0 radical (unpaired) electrons. The van der Waals surface area contributed by atoms with E-state index in [2.05, 4.69) is 10.3 Å². The zero-order valence-electron chi connectivity index (χ0n) is 11.6. The van der Waals surface area contributed by atoms with Crippen molar-refractivity contribution in [2.24, 2.45) is 0 Å². The Labute approximate surface area is 116 Å². The molecule has 2 heterocycles. The van der Waals surface area contributed by atoms with E-state index < -0.39 is 0 Å². The van der Waals surface area contributed by atoms with Gasteiger partial charge in [-0.3, -0.25) is 9.36 Å². The normalized spacial score (nSPS) is 19.4. The molecule has 1 aromatic heterocycles. The van der Waals surface area contributed by atoms with E-state index in [4.69, 9.17) is 0 Å². The number of para-hydroxylation sites is 1. The van der Waals surface area contributed by atoms with Crippen LogP contribution in [-0.2, 0) is 6.54 Å². The molecule has 0 aliphatic carbocycles. The van der Waals surface area contributed by atoms with Crippen LogP contribution in [0.5, 0.6) is 0 Å². The third kappa shape index (κ3) is 2.29. The van der Waals surface area contributed by atoms with Crippen LogP contribution in [-0.4, -0.2) is 22.1 Å². The van der Waals surface area contributed by atoms with Crippen molar-refractivity contribution in [3.8, 4) is 0 Å². The van der Waals surface area contributed by atoms with Crippen LogP contribution in [0.2, 0.25) is 0 Å². The number of hydrogen-bond acceptors (Lipinski definition) is 3. The smallest absolute Gasteiger partial charge is 0.312 e. The van der Waals surface area contributed by atoms with Crippen molar-refractivity contribution in [3.05, 3.63) is 44.6 Å². The Hall–Kier alpha value is -1.88. The fourth-order valence-corrected chi connectivity index (χ4v) is 2.89. The molecule has 1 aliphatic heterocycles. The topological polar surface area (TPSA) is 66.9 Å². The second-order valence-electron chi connectivity index (χ2n) is 5.49. The van der Waals surface area contributed by atoms with Gasteiger partial charge in [-0.1, -0.05) is 18.6 Å². The quantitative estimate of drug-likeness (QED) is 0.862. The van der Waals surface area contributed by atoms with Crippen molar-refractivity contribution in [3.63, 3.8) is 0 Å². The summed E-state index contributed by atoms with van der Waals surface area (Å²) >= 11 is 0. The van der Waals surface area contributed by atoms with Gasteiger partial charge in [-0.2, -0.15) is 0 Å². The Balaban J connectivity index is 2.07. The number of benzene rings is 1. The monoisotopic (exact) mass is 273 g/mol. The average Bonchev–Trinajstić information content (AvgIpc) is 2.46. The zero-order chi connectivity index (χ0) is 14.1. The number of aryl methyl sites for hydroxylation is 1. The highest BCUT2D eigenvalue weighted by Gasteiger charge is 2.16. The molecule has 2 N–H and O–H groups in total. The lowest BCUT2D eigenvalue weighted by Crippen LogP contribution is -2.44. The number of nitrogens with zero attached hydrogens (tertiary/aromatic N) is 1. The third-order valence-electron chi connectivity index (χ3n) is 4.04. The molecule has 3 rings (SSSR count). The number of rotatable bonds is 2. The first-order chi connectivity index (χ1) is 9.66. The van der Waals surface area contributed by atoms with Gasteiger partial charge in [0.2, 0.25) is 0 Å². The van der Waals surface area contributed by atoms with E-state index in [0.29, 0.717) is 17.4 Å². The predicted molar refractivity (Wildman–Crippen MR) is 79.2 cm³/mol. The lowest BCUT2D eigenvalue weighted by atomic mass is 10.1. The maximum atomic E-state index is 12.5. The fraction of sp³-hybridized carbons (Fsp3) is 0.467. The van der Waals surface area contributed by atoms with E-state index in [-0.39, 0.29) is 17.3 Å². The Morgan fingerprint density at radius 2 is 2.15 bits per heavy atom. The SMILES string of the molecule is Cc1cccc2c(=O)n(CC3CCCCN3)c(=O)[nH]c12. The van der Waals surface area contributed by atoms with Gasteiger partial charge in [0.25, 0.3) is 5.56 Å². The second kappa shape index (κ2) is 5.25. The maximum absolute atomic E-state index is 12.5. The lowest BCUT2D eigenvalue weighted by Gasteiger charge is -2.23. The molecule has 0 amide bonds. The molecule has 1 unspecified atom stereocenters. The highest BCUT2D eigenvalue weighted by atomic mass is 16.2. The molecule has 1 aromatic carbocycles. The minimum absolute atomic E-state index is 0.195. The highest BCUT2D eigenvalue weighted by molar-refractivity contribution is 5.80. The van der Waals surface area contributed by atoms with Gasteiger partial charge < -0.3 is 10.3 Å². The highest BCUT2D eigenvalue weighted by Crippen LogP contribution is 2.11. The van der Waals surface area contributed by atoms with Crippen molar-refractivity contribution < 1.29 is 0 Å². The summed E-state index contributed by atoms with van der Waals surface area (Å²) in [4.78, 5) is 27.5. The molecule has 0 spiro atoms. The summed E-state index contributed by atoms with van der Waals surface area (Å²) in [6.45, 7) is 3.30. The predicted octanol–water partition coefficient (Wildman–Crippen LogP) is 1.14. The first-order valence-corrected chi connectivity index (χ1v) is 7.12. The van der Waals surface area contributed by atoms with Crippen LogP contribution in [0, 0.1) is 6.92 Å². The molecule has 1 saturated heterocycles. The van der Waals surface area contributed by atoms with Crippen LogP contribution in [0.3, 0.4) is 0 Å².